The fourth-order valence-corrected chi connectivity index (χ4v) is 2.35. The van der Waals surface area contributed by atoms with Gasteiger partial charge in [-0.3, -0.25) is 0 Å². The molecule has 19 heavy (non-hydrogen) atoms. The summed E-state index contributed by atoms with van der Waals surface area (Å²) in [4.78, 5) is 0. The fraction of sp³-hybridized carbons (Fsp3) is 0.600. The van der Waals surface area contributed by atoms with Crippen LogP contribution in [0, 0.1) is 11.6 Å². The first-order chi connectivity index (χ1) is 9.10. The SMILES string of the molecule is CCCC(OC)C(Cc1cc(F)cc(F)c1)NCC. The van der Waals surface area contributed by atoms with Crippen molar-refractivity contribution in [2.24, 2.45) is 0 Å². The quantitative estimate of drug-likeness (QED) is 0.783. The summed E-state index contributed by atoms with van der Waals surface area (Å²) in [5, 5.41) is 3.34. The lowest BCUT2D eigenvalue weighted by Gasteiger charge is -2.26. The van der Waals surface area contributed by atoms with Gasteiger partial charge in [-0.1, -0.05) is 20.3 Å². The van der Waals surface area contributed by atoms with Crippen LogP contribution in [0.1, 0.15) is 32.3 Å². The molecule has 0 amide bonds. The van der Waals surface area contributed by atoms with Crippen molar-refractivity contribution in [3.63, 3.8) is 0 Å². The van der Waals surface area contributed by atoms with Gasteiger partial charge in [-0.2, -0.15) is 0 Å². The molecule has 0 saturated carbocycles. The number of hydrogen-bond acceptors (Lipinski definition) is 2. The summed E-state index contributed by atoms with van der Waals surface area (Å²) in [6, 6.07) is 3.72. The van der Waals surface area contributed by atoms with Crippen molar-refractivity contribution in [2.45, 2.75) is 45.3 Å². The van der Waals surface area contributed by atoms with E-state index in [4.69, 9.17) is 4.74 Å². The number of ether oxygens (including phenoxy) is 1. The van der Waals surface area contributed by atoms with Crippen molar-refractivity contribution < 1.29 is 13.5 Å². The van der Waals surface area contributed by atoms with Crippen LogP contribution < -0.4 is 5.32 Å². The van der Waals surface area contributed by atoms with Crippen LogP contribution in [0.25, 0.3) is 0 Å². The van der Waals surface area contributed by atoms with E-state index in [0.717, 1.165) is 25.5 Å². The lowest BCUT2D eigenvalue weighted by atomic mass is 9.98. The minimum atomic E-state index is -0.533. The Labute approximate surface area is 114 Å². The zero-order valence-electron chi connectivity index (χ0n) is 11.9. The maximum absolute atomic E-state index is 13.2. The first kappa shape index (κ1) is 16.1. The van der Waals surface area contributed by atoms with E-state index < -0.39 is 11.6 Å². The maximum atomic E-state index is 13.2. The van der Waals surface area contributed by atoms with Gasteiger partial charge in [0, 0.05) is 19.2 Å². The molecule has 0 aliphatic heterocycles. The third kappa shape index (κ3) is 5.25. The largest absolute Gasteiger partial charge is 0.380 e. The number of rotatable bonds is 8. The molecule has 1 aromatic carbocycles. The molecule has 0 spiro atoms. The molecule has 0 aliphatic rings. The van der Waals surface area contributed by atoms with Crippen molar-refractivity contribution >= 4 is 0 Å². The summed E-state index contributed by atoms with van der Waals surface area (Å²) >= 11 is 0. The van der Waals surface area contributed by atoms with E-state index in [1.54, 1.807) is 7.11 Å². The number of methoxy groups -OCH3 is 1. The van der Waals surface area contributed by atoms with Gasteiger partial charge in [-0.25, -0.2) is 8.78 Å². The van der Waals surface area contributed by atoms with E-state index in [-0.39, 0.29) is 12.1 Å². The Morgan fingerprint density at radius 3 is 2.26 bits per heavy atom. The number of benzene rings is 1. The van der Waals surface area contributed by atoms with E-state index in [1.165, 1.54) is 12.1 Å². The molecule has 0 aliphatic carbocycles. The predicted octanol–water partition coefficient (Wildman–Crippen LogP) is 3.30. The average molecular weight is 271 g/mol. The van der Waals surface area contributed by atoms with Gasteiger partial charge in [0.1, 0.15) is 11.6 Å². The molecule has 0 heterocycles. The zero-order chi connectivity index (χ0) is 14.3. The molecule has 2 nitrogen and oxygen atoms in total. The minimum Gasteiger partial charge on any atom is -0.380 e. The summed E-state index contributed by atoms with van der Waals surface area (Å²) in [6.07, 6.45) is 2.54. The molecule has 0 radical (unpaired) electrons. The Balaban J connectivity index is 2.81. The second kappa shape index (κ2) is 8.23. The average Bonchev–Trinajstić information content (AvgIpc) is 2.34. The van der Waals surface area contributed by atoms with Crippen LogP contribution in [0.2, 0.25) is 0 Å². The van der Waals surface area contributed by atoms with Crippen LogP contribution in [0.4, 0.5) is 8.78 Å². The molecule has 1 rings (SSSR count). The second-order valence-corrected chi connectivity index (χ2v) is 4.71. The maximum Gasteiger partial charge on any atom is 0.126 e. The van der Waals surface area contributed by atoms with Gasteiger partial charge in [-0.15, -0.1) is 0 Å². The van der Waals surface area contributed by atoms with Crippen LogP contribution >= 0.6 is 0 Å². The van der Waals surface area contributed by atoms with Gasteiger partial charge in [0.2, 0.25) is 0 Å². The van der Waals surface area contributed by atoms with Crippen LogP contribution in [0.15, 0.2) is 18.2 Å². The summed E-state index contributed by atoms with van der Waals surface area (Å²) in [5.74, 6) is -1.07. The third-order valence-electron chi connectivity index (χ3n) is 3.17. The van der Waals surface area contributed by atoms with Crippen molar-refractivity contribution in [3.05, 3.63) is 35.4 Å². The van der Waals surface area contributed by atoms with E-state index in [9.17, 15) is 8.78 Å². The van der Waals surface area contributed by atoms with Crippen molar-refractivity contribution in [3.8, 4) is 0 Å². The lowest BCUT2D eigenvalue weighted by molar-refractivity contribution is 0.0613. The highest BCUT2D eigenvalue weighted by Crippen LogP contribution is 2.15. The summed E-state index contributed by atoms with van der Waals surface area (Å²) in [6.45, 7) is 4.90. The smallest absolute Gasteiger partial charge is 0.126 e. The third-order valence-corrected chi connectivity index (χ3v) is 3.17. The lowest BCUT2D eigenvalue weighted by Crippen LogP contribution is -2.42. The van der Waals surface area contributed by atoms with E-state index in [0.29, 0.717) is 12.0 Å². The van der Waals surface area contributed by atoms with Crippen LogP contribution in [0.5, 0.6) is 0 Å². The van der Waals surface area contributed by atoms with Crippen LogP contribution in [0.3, 0.4) is 0 Å². The molecule has 1 aromatic rings. The standard InChI is InChI=1S/C15H23F2NO/c1-4-6-15(19-3)14(18-5-2)9-11-7-12(16)10-13(17)8-11/h7-8,10,14-15,18H,4-6,9H2,1-3H3. The van der Waals surface area contributed by atoms with Crippen molar-refractivity contribution in [1.29, 1.82) is 0 Å². The molecule has 2 atom stereocenters. The molecule has 0 aromatic heterocycles. The first-order valence-electron chi connectivity index (χ1n) is 6.81. The Bertz CT molecular complexity index is 364. The topological polar surface area (TPSA) is 21.3 Å². The van der Waals surface area contributed by atoms with Gasteiger partial charge in [0.25, 0.3) is 0 Å². The molecule has 0 fully saturated rings. The Morgan fingerprint density at radius 2 is 1.79 bits per heavy atom. The molecule has 0 bridgehead atoms. The normalized spacial score (nSPS) is 14.4. The Hall–Kier alpha value is -1.00. The highest BCUT2D eigenvalue weighted by Gasteiger charge is 2.20. The van der Waals surface area contributed by atoms with Gasteiger partial charge < -0.3 is 10.1 Å². The number of halogens is 2. The number of nitrogens with one attached hydrogen (secondary N) is 1. The van der Waals surface area contributed by atoms with E-state index >= 15 is 0 Å². The summed E-state index contributed by atoms with van der Waals surface area (Å²) in [7, 11) is 1.68. The van der Waals surface area contributed by atoms with E-state index in [1.807, 2.05) is 6.92 Å². The molecule has 4 heteroatoms. The van der Waals surface area contributed by atoms with Gasteiger partial charge >= 0.3 is 0 Å². The first-order valence-corrected chi connectivity index (χ1v) is 6.81. The summed E-state index contributed by atoms with van der Waals surface area (Å²) < 4.78 is 31.9. The number of hydrogen-bond donors (Lipinski definition) is 1. The van der Waals surface area contributed by atoms with Crippen LogP contribution in [-0.4, -0.2) is 25.8 Å². The Kier molecular flexibility index (Phi) is 6.95. The zero-order valence-corrected chi connectivity index (χ0v) is 11.9. The van der Waals surface area contributed by atoms with Crippen LogP contribution in [-0.2, 0) is 11.2 Å². The fourth-order valence-electron chi connectivity index (χ4n) is 2.35. The van der Waals surface area contributed by atoms with Gasteiger partial charge in [-0.05, 0) is 37.1 Å². The van der Waals surface area contributed by atoms with Crippen molar-refractivity contribution in [1.82, 2.24) is 5.32 Å². The molecular formula is C15H23F2NO. The van der Waals surface area contributed by atoms with Gasteiger partial charge in [0.15, 0.2) is 0 Å². The second-order valence-electron chi connectivity index (χ2n) is 4.71. The molecule has 1 N–H and O–H groups in total. The van der Waals surface area contributed by atoms with Gasteiger partial charge in [0.05, 0.1) is 6.10 Å². The monoisotopic (exact) mass is 271 g/mol. The highest BCUT2D eigenvalue weighted by atomic mass is 19.1. The molecule has 108 valence electrons. The number of likely N-dealkylation sites (N-methyl/N-ethyl adjacent to an activating group) is 1. The van der Waals surface area contributed by atoms with Crippen molar-refractivity contribution in [2.75, 3.05) is 13.7 Å². The molecule has 2 unspecified atom stereocenters. The Morgan fingerprint density at radius 1 is 1.16 bits per heavy atom. The molecule has 0 saturated heterocycles. The molecular weight excluding hydrogens is 248 g/mol. The summed E-state index contributed by atoms with van der Waals surface area (Å²) in [5.41, 5.74) is 0.654. The predicted molar refractivity (Wildman–Crippen MR) is 73.2 cm³/mol. The van der Waals surface area contributed by atoms with E-state index in [2.05, 4.69) is 12.2 Å². The highest BCUT2D eigenvalue weighted by molar-refractivity contribution is 5.19. The minimum absolute atomic E-state index is 0.0521.